The number of hydrogen-bond acceptors (Lipinski definition) is 3. The Hall–Kier alpha value is -0.813. The first kappa shape index (κ1) is 17.2. The average molecular weight is 359 g/mol. The molecule has 1 aromatic carbocycles. The highest BCUT2D eigenvalue weighted by Crippen LogP contribution is 2.39. The van der Waals surface area contributed by atoms with Crippen LogP contribution in [-0.2, 0) is 16.1 Å². The fraction of sp³-hybridized carbons (Fsp3) is 0.533. The molecule has 0 fully saturated rings. The van der Waals surface area contributed by atoms with Crippen LogP contribution in [0.4, 0.5) is 0 Å². The van der Waals surface area contributed by atoms with Gasteiger partial charge in [0, 0.05) is 6.92 Å². The Morgan fingerprint density at radius 2 is 1.90 bits per heavy atom. The van der Waals surface area contributed by atoms with E-state index in [0.717, 1.165) is 15.8 Å². The summed E-state index contributed by atoms with van der Waals surface area (Å²) in [6, 6.07) is 5.79. The molecule has 112 valence electrons. The summed E-state index contributed by atoms with van der Waals surface area (Å²) in [7, 11) is -1.88. The van der Waals surface area contributed by atoms with Gasteiger partial charge in [0.2, 0.25) is 0 Å². The summed E-state index contributed by atoms with van der Waals surface area (Å²) in [5, 5.41) is 0.137. The monoisotopic (exact) mass is 358 g/mol. The summed E-state index contributed by atoms with van der Waals surface area (Å²) >= 11 is 3.52. The molecule has 0 saturated heterocycles. The first-order valence-electron chi connectivity index (χ1n) is 6.64. The van der Waals surface area contributed by atoms with Crippen molar-refractivity contribution < 1.29 is 14.0 Å². The fourth-order valence-electron chi connectivity index (χ4n) is 1.33. The van der Waals surface area contributed by atoms with Crippen molar-refractivity contribution >= 4 is 30.2 Å². The SMILES string of the molecule is CC(=O)OCc1ccc(Br)c(O[Si](C)(C)C(C)(C)C)c1. The highest BCUT2D eigenvalue weighted by atomic mass is 79.9. The van der Waals surface area contributed by atoms with Crippen LogP contribution in [0.15, 0.2) is 22.7 Å². The third-order valence-electron chi connectivity index (χ3n) is 3.61. The Morgan fingerprint density at radius 1 is 1.30 bits per heavy atom. The van der Waals surface area contributed by atoms with Gasteiger partial charge >= 0.3 is 5.97 Å². The van der Waals surface area contributed by atoms with Crippen LogP contribution >= 0.6 is 15.9 Å². The summed E-state index contributed by atoms with van der Waals surface area (Å²) in [4.78, 5) is 10.9. The number of esters is 1. The number of carbonyl (C=O) groups is 1. The number of carbonyl (C=O) groups excluding carboxylic acids is 1. The highest BCUT2D eigenvalue weighted by Gasteiger charge is 2.39. The molecule has 0 bridgehead atoms. The molecule has 20 heavy (non-hydrogen) atoms. The van der Waals surface area contributed by atoms with Crippen molar-refractivity contribution in [3.8, 4) is 5.75 Å². The summed E-state index contributed by atoms with van der Waals surface area (Å²) in [6.07, 6.45) is 0. The summed E-state index contributed by atoms with van der Waals surface area (Å²) < 4.78 is 12.2. The lowest BCUT2D eigenvalue weighted by Gasteiger charge is -2.36. The van der Waals surface area contributed by atoms with E-state index in [1.807, 2.05) is 18.2 Å². The lowest BCUT2D eigenvalue weighted by molar-refractivity contribution is -0.142. The molecule has 0 spiro atoms. The van der Waals surface area contributed by atoms with E-state index in [0.29, 0.717) is 0 Å². The van der Waals surface area contributed by atoms with E-state index in [2.05, 4.69) is 49.8 Å². The van der Waals surface area contributed by atoms with Gasteiger partial charge in [0.15, 0.2) is 0 Å². The molecule has 0 saturated carbocycles. The Labute approximate surface area is 130 Å². The number of hydrogen-bond donors (Lipinski definition) is 0. The molecular weight excluding hydrogens is 336 g/mol. The minimum absolute atomic E-state index is 0.137. The third kappa shape index (κ3) is 4.63. The van der Waals surface area contributed by atoms with Crippen LogP contribution in [0.25, 0.3) is 0 Å². The Morgan fingerprint density at radius 3 is 2.40 bits per heavy atom. The maximum absolute atomic E-state index is 10.9. The van der Waals surface area contributed by atoms with E-state index in [-0.39, 0.29) is 17.6 Å². The minimum Gasteiger partial charge on any atom is -0.543 e. The molecule has 0 N–H and O–H groups in total. The highest BCUT2D eigenvalue weighted by molar-refractivity contribution is 9.10. The molecule has 0 aliphatic rings. The molecule has 0 aliphatic heterocycles. The van der Waals surface area contributed by atoms with E-state index in [4.69, 9.17) is 9.16 Å². The standard InChI is InChI=1S/C15H23BrO3Si/c1-11(17)18-10-12-7-8-13(16)14(9-12)19-20(5,6)15(2,3)4/h7-9H,10H2,1-6H3. The van der Waals surface area contributed by atoms with Gasteiger partial charge in [-0.3, -0.25) is 4.79 Å². The summed E-state index contributed by atoms with van der Waals surface area (Å²) in [6.45, 7) is 12.7. The first-order valence-corrected chi connectivity index (χ1v) is 10.3. The fourth-order valence-corrected chi connectivity index (χ4v) is 2.83. The second kappa shape index (κ2) is 6.31. The number of halogens is 1. The smallest absolute Gasteiger partial charge is 0.302 e. The van der Waals surface area contributed by atoms with Crippen molar-refractivity contribution in [3.05, 3.63) is 28.2 Å². The van der Waals surface area contributed by atoms with E-state index in [9.17, 15) is 4.79 Å². The van der Waals surface area contributed by atoms with Gasteiger partial charge in [0.05, 0.1) is 4.47 Å². The van der Waals surface area contributed by atoms with Crippen LogP contribution in [0.1, 0.15) is 33.3 Å². The van der Waals surface area contributed by atoms with E-state index < -0.39 is 8.32 Å². The largest absolute Gasteiger partial charge is 0.543 e. The minimum atomic E-state index is -1.88. The Kier molecular flexibility index (Phi) is 5.44. The normalized spacial score (nSPS) is 12.2. The van der Waals surface area contributed by atoms with Crippen molar-refractivity contribution in [1.82, 2.24) is 0 Å². The third-order valence-corrected chi connectivity index (χ3v) is 8.61. The van der Waals surface area contributed by atoms with Crippen molar-refractivity contribution in [2.24, 2.45) is 0 Å². The van der Waals surface area contributed by atoms with Gasteiger partial charge in [0.1, 0.15) is 12.4 Å². The number of rotatable bonds is 4. The zero-order valence-electron chi connectivity index (χ0n) is 13.0. The van der Waals surface area contributed by atoms with Gasteiger partial charge in [-0.05, 0) is 51.8 Å². The van der Waals surface area contributed by atoms with Crippen LogP contribution in [-0.4, -0.2) is 14.3 Å². The summed E-state index contributed by atoms with van der Waals surface area (Å²) in [5.41, 5.74) is 0.928. The number of benzene rings is 1. The lowest BCUT2D eigenvalue weighted by Crippen LogP contribution is -2.43. The van der Waals surface area contributed by atoms with Gasteiger partial charge < -0.3 is 9.16 Å². The molecule has 5 heteroatoms. The second-order valence-electron chi connectivity index (χ2n) is 6.41. The molecular formula is C15H23BrO3Si. The van der Waals surface area contributed by atoms with E-state index in [1.165, 1.54) is 6.92 Å². The van der Waals surface area contributed by atoms with Crippen molar-refractivity contribution in [2.75, 3.05) is 0 Å². The molecule has 0 aromatic heterocycles. The quantitative estimate of drug-likeness (QED) is 0.567. The molecule has 0 aliphatic carbocycles. The molecule has 0 amide bonds. The Balaban J connectivity index is 2.95. The molecule has 1 rings (SSSR count). The molecule has 3 nitrogen and oxygen atoms in total. The first-order chi connectivity index (χ1) is 9.03. The van der Waals surface area contributed by atoms with Gasteiger partial charge in [-0.2, -0.15) is 0 Å². The van der Waals surface area contributed by atoms with Crippen LogP contribution in [0.3, 0.4) is 0 Å². The second-order valence-corrected chi connectivity index (χ2v) is 12.0. The van der Waals surface area contributed by atoms with E-state index >= 15 is 0 Å². The van der Waals surface area contributed by atoms with Crippen molar-refractivity contribution in [1.29, 1.82) is 0 Å². The predicted molar refractivity (Wildman–Crippen MR) is 87.4 cm³/mol. The molecule has 0 unspecified atom stereocenters. The topological polar surface area (TPSA) is 35.5 Å². The molecule has 0 heterocycles. The number of ether oxygens (including phenoxy) is 1. The summed E-state index contributed by atoms with van der Waals surface area (Å²) in [5.74, 6) is 0.543. The predicted octanol–water partition coefficient (Wildman–Crippen LogP) is 4.90. The van der Waals surface area contributed by atoms with Gasteiger partial charge in [-0.25, -0.2) is 0 Å². The van der Waals surface area contributed by atoms with Crippen molar-refractivity contribution in [2.45, 2.75) is 52.4 Å². The zero-order chi connectivity index (χ0) is 15.6. The zero-order valence-corrected chi connectivity index (χ0v) is 15.6. The molecule has 0 atom stereocenters. The van der Waals surface area contributed by atoms with Gasteiger partial charge in [-0.1, -0.05) is 26.8 Å². The van der Waals surface area contributed by atoms with Crippen LogP contribution in [0.5, 0.6) is 5.75 Å². The Bertz CT molecular complexity index is 492. The van der Waals surface area contributed by atoms with Gasteiger partial charge in [-0.15, -0.1) is 0 Å². The van der Waals surface area contributed by atoms with E-state index in [1.54, 1.807) is 0 Å². The van der Waals surface area contributed by atoms with Crippen LogP contribution in [0, 0.1) is 0 Å². The van der Waals surface area contributed by atoms with Crippen LogP contribution < -0.4 is 4.43 Å². The van der Waals surface area contributed by atoms with Crippen LogP contribution in [0.2, 0.25) is 18.1 Å². The maximum atomic E-state index is 10.9. The molecule has 1 aromatic rings. The lowest BCUT2D eigenvalue weighted by atomic mass is 10.2. The van der Waals surface area contributed by atoms with Gasteiger partial charge in [0.25, 0.3) is 8.32 Å². The molecule has 0 radical (unpaired) electrons. The van der Waals surface area contributed by atoms with Crippen molar-refractivity contribution in [3.63, 3.8) is 0 Å². The average Bonchev–Trinajstić information content (AvgIpc) is 2.28. The maximum Gasteiger partial charge on any atom is 0.302 e.